The van der Waals surface area contributed by atoms with Gasteiger partial charge in [0.25, 0.3) is 0 Å². The number of ether oxygens (including phenoxy) is 1. The Morgan fingerprint density at radius 1 is 1.08 bits per heavy atom. The second-order valence-corrected chi connectivity index (χ2v) is 7.26. The Morgan fingerprint density at radius 2 is 1.88 bits per heavy atom. The van der Waals surface area contributed by atoms with Gasteiger partial charge in [-0.15, -0.1) is 0 Å². The third-order valence-corrected chi connectivity index (χ3v) is 5.12. The molecule has 1 aliphatic carbocycles. The van der Waals surface area contributed by atoms with E-state index in [1.54, 1.807) is 7.11 Å². The fourth-order valence-electron chi connectivity index (χ4n) is 3.54. The van der Waals surface area contributed by atoms with Crippen molar-refractivity contribution in [2.24, 2.45) is 11.8 Å². The smallest absolute Gasteiger partial charge is 0.0721 e. The van der Waals surface area contributed by atoms with Gasteiger partial charge in [-0.05, 0) is 38.0 Å². The van der Waals surface area contributed by atoms with E-state index in [1.165, 1.54) is 0 Å². The monoisotopic (exact) mass is 354 g/mol. The van der Waals surface area contributed by atoms with Crippen LogP contribution in [-0.2, 0) is 4.74 Å². The summed E-state index contributed by atoms with van der Waals surface area (Å²) in [7, 11) is 1.72. The first-order valence-electron chi connectivity index (χ1n) is 9.96. The van der Waals surface area contributed by atoms with Crippen LogP contribution >= 0.6 is 0 Å². The fourth-order valence-corrected chi connectivity index (χ4v) is 3.54. The van der Waals surface area contributed by atoms with Crippen LogP contribution in [0.4, 0.5) is 0 Å². The van der Waals surface area contributed by atoms with E-state index in [0.29, 0.717) is 6.42 Å². The van der Waals surface area contributed by atoms with E-state index in [1.807, 2.05) is 12.2 Å². The highest BCUT2D eigenvalue weighted by Crippen LogP contribution is 2.36. The average molecular weight is 355 g/mol. The van der Waals surface area contributed by atoms with E-state index >= 15 is 0 Å². The van der Waals surface area contributed by atoms with Crippen LogP contribution in [0.15, 0.2) is 24.3 Å². The molecule has 0 amide bonds. The van der Waals surface area contributed by atoms with Gasteiger partial charge in [0.15, 0.2) is 0 Å². The molecule has 3 N–H and O–H groups in total. The standard InChI is InChI=1S/C21H38O4/c1-3-4-8-11-17(22)13-14-19-18(20(23)16-21(19)24)12-9-6-5-7-10-15-25-2/h6,9,13-14,17-24H,3-5,7-8,10-12,15-16H2,1-2H3/b9-6+,14-13+/t17-,18?,19+,20-,21+/m0/s1. The Morgan fingerprint density at radius 3 is 2.60 bits per heavy atom. The molecular weight excluding hydrogens is 316 g/mol. The molecule has 0 bridgehead atoms. The highest BCUT2D eigenvalue weighted by atomic mass is 16.5. The molecule has 1 aliphatic rings. The number of rotatable bonds is 13. The molecule has 4 nitrogen and oxygen atoms in total. The molecule has 1 saturated carbocycles. The van der Waals surface area contributed by atoms with Gasteiger partial charge < -0.3 is 20.1 Å². The Hall–Kier alpha value is -0.680. The maximum atomic E-state index is 10.2. The Balaban J connectivity index is 2.42. The number of aliphatic hydroxyl groups excluding tert-OH is 3. The molecule has 1 fully saturated rings. The molecule has 0 spiro atoms. The summed E-state index contributed by atoms with van der Waals surface area (Å²) in [6.45, 7) is 2.95. The summed E-state index contributed by atoms with van der Waals surface area (Å²) < 4.78 is 5.03. The average Bonchev–Trinajstić information content (AvgIpc) is 2.85. The van der Waals surface area contributed by atoms with Crippen LogP contribution in [0.3, 0.4) is 0 Å². The van der Waals surface area contributed by atoms with Crippen molar-refractivity contribution in [3.05, 3.63) is 24.3 Å². The quantitative estimate of drug-likeness (QED) is 0.349. The summed E-state index contributed by atoms with van der Waals surface area (Å²) in [5.41, 5.74) is 0. The van der Waals surface area contributed by atoms with Crippen LogP contribution in [0.25, 0.3) is 0 Å². The summed E-state index contributed by atoms with van der Waals surface area (Å²) in [5.74, 6) is -0.0433. The van der Waals surface area contributed by atoms with Crippen LogP contribution in [0.2, 0.25) is 0 Å². The first-order chi connectivity index (χ1) is 12.1. The molecular formula is C21H38O4. The van der Waals surface area contributed by atoms with Crippen molar-refractivity contribution in [3.63, 3.8) is 0 Å². The molecule has 4 heteroatoms. The zero-order chi connectivity index (χ0) is 18.5. The molecule has 1 rings (SSSR count). The Bertz CT molecular complexity index is 380. The molecule has 0 aliphatic heterocycles. The number of aliphatic hydroxyl groups is 3. The molecule has 0 radical (unpaired) electrons. The summed E-state index contributed by atoms with van der Waals surface area (Å²) in [6.07, 6.45) is 15.0. The van der Waals surface area contributed by atoms with Gasteiger partial charge in [-0.3, -0.25) is 0 Å². The van der Waals surface area contributed by atoms with Crippen molar-refractivity contribution in [2.75, 3.05) is 13.7 Å². The van der Waals surface area contributed by atoms with Crippen LogP contribution in [0.5, 0.6) is 0 Å². The summed E-state index contributed by atoms with van der Waals surface area (Å²) in [6, 6.07) is 0. The lowest BCUT2D eigenvalue weighted by atomic mass is 9.89. The molecule has 1 unspecified atom stereocenters. The van der Waals surface area contributed by atoms with Gasteiger partial charge in [-0.2, -0.15) is 0 Å². The third kappa shape index (κ3) is 9.00. The van der Waals surface area contributed by atoms with Gasteiger partial charge in [-0.25, -0.2) is 0 Å². The molecule has 146 valence electrons. The lowest BCUT2D eigenvalue weighted by Gasteiger charge is -2.19. The third-order valence-electron chi connectivity index (χ3n) is 5.12. The second-order valence-electron chi connectivity index (χ2n) is 7.26. The van der Waals surface area contributed by atoms with Crippen molar-refractivity contribution < 1.29 is 20.1 Å². The normalized spacial score (nSPS) is 28.4. The summed E-state index contributed by atoms with van der Waals surface area (Å²) in [4.78, 5) is 0. The maximum Gasteiger partial charge on any atom is 0.0721 e. The SMILES string of the molecule is CCCCC[C@H](O)/C=C/[C@@H]1C(C/C=C/CCCCOC)[C@@H](O)C[C@H]1O. The minimum atomic E-state index is -0.519. The highest BCUT2D eigenvalue weighted by Gasteiger charge is 2.39. The first kappa shape index (κ1) is 22.4. The number of methoxy groups -OCH3 is 1. The Kier molecular flexibility index (Phi) is 12.1. The van der Waals surface area contributed by atoms with E-state index in [4.69, 9.17) is 4.74 Å². The predicted octanol–water partition coefficient (Wildman–Crippen LogP) is 3.60. The summed E-state index contributed by atoms with van der Waals surface area (Å²) >= 11 is 0. The van der Waals surface area contributed by atoms with E-state index in [-0.39, 0.29) is 11.8 Å². The van der Waals surface area contributed by atoms with Crippen molar-refractivity contribution >= 4 is 0 Å². The van der Waals surface area contributed by atoms with E-state index < -0.39 is 18.3 Å². The lowest BCUT2D eigenvalue weighted by molar-refractivity contribution is 0.120. The molecule has 0 saturated heterocycles. The maximum absolute atomic E-state index is 10.2. The molecule has 0 aromatic rings. The van der Waals surface area contributed by atoms with Crippen molar-refractivity contribution in [3.8, 4) is 0 Å². The van der Waals surface area contributed by atoms with Gasteiger partial charge >= 0.3 is 0 Å². The summed E-state index contributed by atoms with van der Waals surface area (Å²) in [5, 5.41) is 30.5. The molecule has 25 heavy (non-hydrogen) atoms. The fraction of sp³-hybridized carbons (Fsp3) is 0.810. The van der Waals surface area contributed by atoms with Crippen molar-refractivity contribution in [1.82, 2.24) is 0 Å². The number of unbranched alkanes of at least 4 members (excludes halogenated alkanes) is 4. The van der Waals surface area contributed by atoms with E-state index in [0.717, 1.165) is 58.0 Å². The lowest BCUT2D eigenvalue weighted by Crippen LogP contribution is -2.20. The molecule has 0 heterocycles. The van der Waals surface area contributed by atoms with Crippen molar-refractivity contribution in [2.45, 2.75) is 83.0 Å². The topological polar surface area (TPSA) is 69.9 Å². The minimum Gasteiger partial charge on any atom is -0.393 e. The number of hydrogen-bond donors (Lipinski definition) is 3. The number of allylic oxidation sites excluding steroid dienone is 2. The molecule has 0 aromatic heterocycles. The van der Waals surface area contributed by atoms with Gasteiger partial charge in [0.1, 0.15) is 0 Å². The zero-order valence-electron chi connectivity index (χ0n) is 16.0. The predicted molar refractivity (Wildman–Crippen MR) is 102 cm³/mol. The zero-order valence-corrected chi connectivity index (χ0v) is 16.0. The van der Waals surface area contributed by atoms with E-state index in [2.05, 4.69) is 19.1 Å². The van der Waals surface area contributed by atoms with Crippen LogP contribution in [0.1, 0.15) is 64.7 Å². The van der Waals surface area contributed by atoms with Gasteiger partial charge in [0, 0.05) is 26.1 Å². The second kappa shape index (κ2) is 13.5. The largest absolute Gasteiger partial charge is 0.393 e. The first-order valence-corrected chi connectivity index (χ1v) is 9.96. The van der Waals surface area contributed by atoms with Crippen LogP contribution < -0.4 is 0 Å². The Labute approximate surface area is 153 Å². The minimum absolute atomic E-state index is 0.0318. The van der Waals surface area contributed by atoms with Crippen LogP contribution in [-0.4, -0.2) is 47.3 Å². The van der Waals surface area contributed by atoms with Gasteiger partial charge in [0.2, 0.25) is 0 Å². The molecule has 0 aromatic carbocycles. The number of hydrogen-bond acceptors (Lipinski definition) is 4. The van der Waals surface area contributed by atoms with E-state index in [9.17, 15) is 15.3 Å². The van der Waals surface area contributed by atoms with Crippen molar-refractivity contribution in [1.29, 1.82) is 0 Å². The van der Waals surface area contributed by atoms with Crippen LogP contribution in [0, 0.1) is 11.8 Å². The van der Waals surface area contributed by atoms with Gasteiger partial charge in [0.05, 0.1) is 18.3 Å². The van der Waals surface area contributed by atoms with Gasteiger partial charge in [-0.1, -0.05) is 50.5 Å². The molecule has 5 atom stereocenters. The highest BCUT2D eigenvalue weighted by molar-refractivity contribution is 5.06.